The minimum Gasteiger partial charge on any atom is -0.476 e. The fraction of sp³-hybridized carbons (Fsp3) is 0.667. The van der Waals surface area contributed by atoms with E-state index < -0.39 is 11.5 Å². The molecule has 9 heteroatoms. The molecule has 21 heavy (non-hydrogen) atoms. The molecule has 0 radical (unpaired) electrons. The number of carbonyl (C=O) groups is 2. The number of carbonyl (C=O) groups excluding carboxylic acids is 1. The van der Waals surface area contributed by atoms with Crippen molar-refractivity contribution in [1.82, 2.24) is 25.2 Å². The van der Waals surface area contributed by atoms with Gasteiger partial charge in [0.2, 0.25) is 0 Å². The fourth-order valence-corrected chi connectivity index (χ4v) is 2.11. The summed E-state index contributed by atoms with van der Waals surface area (Å²) in [4.78, 5) is 24.4. The molecule has 1 aliphatic rings. The SMILES string of the molecule is COCC(C)(C)NC(=O)N1CC(n2cc(C(=O)O)nn2)C1. The number of methoxy groups -OCH3 is 1. The molecule has 1 aliphatic heterocycles. The predicted molar refractivity (Wildman–Crippen MR) is 72.1 cm³/mol. The van der Waals surface area contributed by atoms with E-state index in [1.807, 2.05) is 13.8 Å². The molecule has 116 valence electrons. The maximum atomic E-state index is 12.0. The summed E-state index contributed by atoms with van der Waals surface area (Å²) in [5.41, 5.74) is -0.542. The first kappa shape index (κ1) is 15.2. The highest BCUT2D eigenvalue weighted by Crippen LogP contribution is 2.21. The fourth-order valence-electron chi connectivity index (χ4n) is 2.11. The molecule has 1 saturated heterocycles. The Balaban J connectivity index is 1.85. The van der Waals surface area contributed by atoms with Crippen molar-refractivity contribution in [2.75, 3.05) is 26.8 Å². The zero-order chi connectivity index (χ0) is 15.6. The first-order valence-corrected chi connectivity index (χ1v) is 6.53. The van der Waals surface area contributed by atoms with Gasteiger partial charge in [-0.2, -0.15) is 0 Å². The Bertz CT molecular complexity index is 536. The molecule has 0 unspecified atom stereocenters. The Morgan fingerprint density at radius 1 is 1.52 bits per heavy atom. The summed E-state index contributed by atoms with van der Waals surface area (Å²) in [7, 11) is 1.58. The number of nitrogens with one attached hydrogen (secondary N) is 1. The standard InChI is InChI=1S/C12H19N5O4/c1-12(2,7-21-3)13-11(20)16-4-8(5-16)17-6-9(10(18)19)14-15-17/h6,8H,4-5,7H2,1-3H3,(H,13,20)(H,18,19). The number of carboxylic acids is 1. The van der Waals surface area contributed by atoms with E-state index in [4.69, 9.17) is 9.84 Å². The van der Waals surface area contributed by atoms with Crippen LogP contribution in [0, 0.1) is 0 Å². The number of likely N-dealkylation sites (tertiary alicyclic amines) is 1. The van der Waals surface area contributed by atoms with Crippen molar-refractivity contribution < 1.29 is 19.4 Å². The van der Waals surface area contributed by atoms with Gasteiger partial charge in [-0.3, -0.25) is 0 Å². The van der Waals surface area contributed by atoms with Gasteiger partial charge in [0, 0.05) is 20.2 Å². The smallest absolute Gasteiger partial charge is 0.358 e. The van der Waals surface area contributed by atoms with Crippen molar-refractivity contribution in [2.45, 2.75) is 25.4 Å². The van der Waals surface area contributed by atoms with E-state index in [0.717, 1.165) is 0 Å². The highest BCUT2D eigenvalue weighted by Gasteiger charge is 2.35. The number of ether oxygens (including phenoxy) is 1. The zero-order valence-electron chi connectivity index (χ0n) is 12.2. The molecule has 1 aromatic rings. The Hall–Kier alpha value is -2.16. The van der Waals surface area contributed by atoms with Crippen LogP contribution < -0.4 is 5.32 Å². The van der Waals surface area contributed by atoms with Gasteiger partial charge < -0.3 is 20.1 Å². The van der Waals surface area contributed by atoms with Crippen LogP contribution in [0.4, 0.5) is 4.79 Å². The van der Waals surface area contributed by atoms with Gasteiger partial charge in [-0.25, -0.2) is 14.3 Å². The van der Waals surface area contributed by atoms with Crippen LogP contribution >= 0.6 is 0 Å². The van der Waals surface area contributed by atoms with E-state index in [0.29, 0.717) is 19.7 Å². The van der Waals surface area contributed by atoms with Crippen molar-refractivity contribution in [1.29, 1.82) is 0 Å². The minimum atomic E-state index is -1.11. The van der Waals surface area contributed by atoms with Crippen molar-refractivity contribution in [3.8, 4) is 0 Å². The number of hydrogen-bond donors (Lipinski definition) is 2. The molecular formula is C12H19N5O4. The van der Waals surface area contributed by atoms with E-state index in [1.54, 1.807) is 12.0 Å². The average molecular weight is 297 g/mol. The van der Waals surface area contributed by atoms with Crippen LogP contribution in [0.1, 0.15) is 30.4 Å². The van der Waals surface area contributed by atoms with Gasteiger partial charge in [0.05, 0.1) is 24.4 Å². The second-order valence-corrected chi connectivity index (χ2v) is 5.69. The van der Waals surface area contributed by atoms with E-state index in [9.17, 15) is 9.59 Å². The lowest BCUT2D eigenvalue weighted by Crippen LogP contribution is -2.59. The number of nitrogens with zero attached hydrogens (tertiary/aromatic N) is 4. The van der Waals surface area contributed by atoms with Gasteiger partial charge in [-0.1, -0.05) is 5.21 Å². The molecule has 1 fully saturated rings. The summed E-state index contributed by atoms with van der Waals surface area (Å²) in [6.45, 7) is 5.11. The number of rotatable bonds is 5. The molecule has 9 nitrogen and oxygen atoms in total. The summed E-state index contributed by atoms with van der Waals surface area (Å²) in [6, 6.07) is -0.214. The van der Waals surface area contributed by atoms with Gasteiger partial charge in [-0.05, 0) is 13.8 Å². The lowest BCUT2D eigenvalue weighted by molar-refractivity contribution is 0.0689. The molecule has 0 aliphatic carbocycles. The van der Waals surface area contributed by atoms with Crippen LogP contribution in [0.5, 0.6) is 0 Å². The maximum Gasteiger partial charge on any atom is 0.358 e. The predicted octanol–water partition coefficient (Wildman–Crippen LogP) is -0.0324. The number of aromatic carboxylic acids is 1. The van der Waals surface area contributed by atoms with Gasteiger partial charge in [-0.15, -0.1) is 5.10 Å². The Morgan fingerprint density at radius 2 is 2.19 bits per heavy atom. The molecule has 0 aromatic carbocycles. The third kappa shape index (κ3) is 3.48. The van der Waals surface area contributed by atoms with Crippen molar-refractivity contribution in [3.05, 3.63) is 11.9 Å². The molecule has 2 N–H and O–H groups in total. The van der Waals surface area contributed by atoms with E-state index >= 15 is 0 Å². The lowest BCUT2D eigenvalue weighted by Gasteiger charge is -2.40. The Labute approximate surface area is 121 Å². The summed E-state index contributed by atoms with van der Waals surface area (Å²) < 4.78 is 6.52. The van der Waals surface area contributed by atoms with Gasteiger partial charge in [0.15, 0.2) is 5.69 Å². The molecule has 1 aromatic heterocycles. The Morgan fingerprint density at radius 3 is 2.71 bits per heavy atom. The molecule has 2 heterocycles. The first-order chi connectivity index (χ1) is 9.82. The highest BCUT2D eigenvalue weighted by molar-refractivity contribution is 5.84. The number of aromatic nitrogens is 3. The monoisotopic (exact) mass is 297 g/mol. The summed E-state index contributed by atoms with van der Waals surface area (Å²) in [5, 5.41) is 19.0. The minimum absolute atomic E-state index is 0.0399. The van der Waals surface area contributed by atoms with Crippen LogP contribution in [0.15, 0.2) is 6.20 Å². The van der Waals surface area contributed by atoms with Gasteiger partial charge in [0.25, 0.3) is 0 Å². The molecule has 0 bridgehead atoms. The highest BCUT2D eigenvalue weighted by atomic mass is 16.5. The molecule has 2 rings (SSSR count). The van der Waals surface area contributed by atoms with Crippen LogP contribution in [0.25, 0.3) is 0 Å². The summed E-state index contributed by atoms with van der Waals surface area (Å²) in [6.07, 6.45) is 1.37. The van der Waals surface area contributed by atoms with Crippen LogP contribution in [0.2, 0.25) is 0 Å². The molecular weight excluding hydrogens is 278 g/mol. The largest absolute Gasteiger partial charge is 0.476 e. The normalized spacial score (nSPS) is 15.7. The summed E-state index contributed by atoms with van der Waals surface area (Å²) in [5.74, 6) is -1.11. The van der Waals surface area contributed by atoms with E-state index in [-0.39, 0.29) is 17.8 Å². The van der Waals surface area contributed by atoms with Crippen molar-refractivity contribution >= 4 is 12.0 Å². The van der Waals surface area contributed by atoms with Crippen molar-refractivity contribution in [3.63, 3.8) is 0 Å². The van der Waals surface area contributed by atoms with Crippen LogP contribution in [-0.2, 0) is 4.74 Å². The second-order valence-electron chi connectivity index (χ2n) is 5.69. The van der Waals surface area contributed by atoms with Crippen LogP contribution in [0.3, 0.4) is 0 Å². The molecule has 0 atom stereocenters. The van der Waals surface area contributed by atoms with Crippen LogP contribution in [-0.4, -0.2) is 69.3 Å². The third-order valence-electron chi connectivity index (χ3n) is 3.20. The van der Waals surface area contributed by atoms with Gasteiger partial charge in [0.1, 0.15) is 0 Å². The summed E-state index contributed by atoms with van der Waals surface area (Å²) >= 11 is 0. The van der Waals surface area contributed by atoms with E-state index in [1.165, 1.54) is 10.9 Å². The van der Waals surface area contributed by atoms with Gasteiger partial charge >= 0.3 is 12.0 Å². The molecule has 2 amide bonds. The third-order valence-corrected chi connectivity index (χ3v) is 3.20. The lowest BCUT2D eigenvalue weighted by atomic mass is 10.1. The average Bonchev–Trinajstić information content (AvgIpc) is 2.75. The van der Waals surface area contributed by atoms with E-state index in [2.05, 4.69) is 15.6 Å². The second kappa shape index (κ2) is 5.68. The maximum absolute atomic E-state index is 12.0. The number of urea groups is 1. The number of amides is 2. The topological polar surface area (TPSA) is 110 Å². The first-order valence-electron chi connectivity index (χ1n) is 6.53. The zero-order valence-corrected chi connectivity index (χ0v) is 12.2. The number of hydrogen-bond acceptors (Lipinski definition) is 5. The molecule has 0 spiro atoms. The quantitative estimate of drug-likeness (QED) is 0.789. The Kier molecular flexibility index (Phi) is 4.12. The van der Waals surface area contributed by atoms with Crippen molar-refractivity contribution in [2.24, 2.45) is 0 Å². The molecule has 0 saturated carbocycles. The number of carboxylic acid groups (broad SMARTS) is 1.